The molecule has 1 aliphatic heterocycles. The minimum absolute atomic E-state index is 0.656. The lowest BCUT2D eigenvalue weighted by Crippen LogP contribution is -2.32. The third-order valence-electron chi connectivity index (χ3n) is 4.57. The summed E-state index contributed by atoms with van der Waals surface area (Å²) in [5.41, 5.74) is 0.982. The molecular weight excluding hydrogens is 328 g/mol. The second kappa shape index (κ2) is 8.05. The Morgan fingerprint density at radius 2 is 1.77 bits per heavy atom. The molecule has 0 aliphatic carbocycles. The van der Waals surface area contributed by atoms with Gasteiger partial charge in [-0.25, -0.2) is 9.97 Å². The van der Waals surface area contributed by atoms with E-state index in [1.807, 2.05) is 36.4 Å². The van der Waals surface area contributed by atoms with Gasteiger partial charge in [0.1, 0.15) is 0 Å². The summed E-state index contributed by atoms with van der Waals surface area (Å²) in [5, 5.41) is 4.09. The van der Waals surface area contributed by atoms with Crippen molar-refractivity contribution in [3.63, 3.8) is 0 Å². The number of benzene rings is 1. The van der Waals surface area contributed by atoms with Crippen molar-refractivity contribution >= 4 is 5.95 Å². The van der Waals surface area contributed by atoms with Crippen molar-refractivity contribution in [2.45, 2.75) is 12.8 Å². The second-order valence-electron chi connectivity index (χ2n) is 6.36. The zero-order valence-electron chi connectivity index (χ0n) is 14.7. The van der Waals surface area contributed by atoms with E-state index in [1.165, 1.54) is 0 Å². The minimum atomic E-state index is 0.656. The van der Waals surface area contributed by atoms with Gasteiger partial charge in [0.05, 0.1) is 0 Å². The molecule has 26 heavy (non-hydrogen) atoms. The Kier molecular flexibility index (Phi) is 5.16. The second-order valence-corrected chi connectivity index (χ2v) is 6.36. The monoisotopic (exact) mass is 350 g/mol. The van der Waals surface area contributed by atoms with Crippen molar-refractivity contribution in [2.24, 2.45) is 0 Å². The standard InChI is InChI=1S/C19H22N6O/c1-2-6-16(7-3-1)18-22-17(26-23-18)8-13-24-11-5-12-25(15-14-24)19-20-9-4-10-21-19/h1-4,6-7,9-10H,5,8,11-15H2. The Morgan fingerprint density at radius 1 is 0.923 bits per heavy atom. The van der Waals surface area contributed by atoms with Crippen molar-refractivity contribution in [1.29, 1.82) is 0 Å². The molecule has 134 valence electrons. The quantitative estimate of drug-likeness (QED) is 0.699. The van der Waals surface area contributed by atoms with Gasteiger partial charge in [-0.15, -0.1) is 0 Å². The molecule has 3 heterocycles. The maximum absolute atomic E-state index is 5.41. The molecule has 7 heteroatoms. The number of hydrogen-bond acceptors (Lipinski definition) is 7. The summed E-state index contributed by atoms with van der Waals surface area (Å²) in [7, 11) is 0. The summed E-state index contributed by atoms with van der Waals surface area (Å²) in [6, 6.07) is 11.8. The van der Waals surface area contributed by atoms with Gasteiger partial charge < -0.3 is 14.3 Å². The fourth-order valence-electron chi connectivity index (χ4n) is 3.16. The molecule has 0 saturated carbocycles. The SMILES string of the molecule is c1ccc(-c2noc(CCN3CCCN(c4ncccn4)CC3)n2)cc1. The lowest BCUT2D eigenvalue weighted by atomic mass is 10.2. The third kappa shape index (κ3) is 4.05. The molecule has 1 aromatic carbocycles. The molecule has 0 N–H and O–H groups in total. The van der Waals surface area contributed by atoms with Crippen molar-refractivity contribution in [3.8, 4) is 11.4 Å². The Bertz CT molecular complexity index is 807. The predicted molar refractivity (Wildman–Crippen MR) is 98.7 cm³/mol. The lowest BCUT2D eigenvalue weighted by molar-refractivity contribution is 0.279. The zero-order valence-corrected chi connectivity index (χ0v) is 14.7. The first-order valence-electron chi connectivity index (χ1n) is 9.01. The first kappa shape index (κ1) is 16.7. The fraction of sp³-hybridized carbons (Fsp3) is 0.368. The molecule has 0 bridgehead atoms. The van der Waals surface area contributed by atoms with Crippen LogP contribution in [0.5, 0.6) is 0 Å². The summed E-state index contributed by atoms with van der Waals surface area (Å²) in [6.45, 7) is 4.88. The number of anilines is 1. The highest BCUT2D eigenvalue weighted by atomic mass is 16.5. The molecule has 7 nitrogen and oxygen atoms in total. The van der Waals surface area contributed by atoms with Crippen LogP contribution in [-0.2, 0) is 6.42 Å². The van der Waals surface area contributed by atoms with Gasteiger partial charge in [0.25, 0.3) is 0 Å². The van der Waals surface area contributed by atoms with Crippen LogP contribution in [0, 0.1) is 0 Å². The van der Waals surface area contributed by atoms with Crippen LogP contribution >= 0.6 is 0 Å². The fourth-order valence-corrected chi connectivity index (χ4v) is 3.16. The highest BCUT2D eigenvalue weighted by Gasteiger charge is 2.17. The molecule has 2 aromatic heterocycles. The van der Waals surface area contributed by atoms with Crippen LogP contribution in [-0.4, -0.2) is 57.7 Å². The Morgan fingerprint density at radius 3 is 2.62 bits per heavy atom. The highest BCUT2D eigenvalue weighted by molar-refractivity contribution is 5.53. The number of aromatic nitrogens is 4. The van der Waals surface area contributed by atoms with Crippen molar-refractivity contribution in [2.75, 3.05) is 37.6 Å². The van der Waals surface area contributed by atoms with Crippen LogP contribution in [0.15, 0.2) is 53.3 Å². The maximum atomic E-state index is 5.41. The van der Waals surface area contributed by atoms with E-state index in [0.29, 0.717) is 11.7 Å². The molecule has 0 radical (unpaired) electrons. The van der Waals surface area contributed by atoms with Crippen molar-refractivity contribution in [3.05, 3.63) is 54.7 Å². The predicted octanol–water partition coefficient (Wildman–Crippen LogP) is 2.28. The summed E-state index contributed by atoms with van der Waals surface area (Å²) in [4.78, 5) is 17.9. The van der Waals surface area contributed by atoms with Crippen LogP contribution < -0.4 is 4.90 Å². The number of nitrogens with zero attached hydrogens (tertiary/aromatic N) is 6. The molecule has 1 fully saturated rings. The van der Waals surface area contributed by atoms with Crippen molar-refractivity contribution in [1.82, 2.24) is 25.0 Å². The lowest BCUT2D eigenvalue weighted by Gasteiger charge is -2.21. The van der Waals surface area contributed by atoms with Gasteiger partial charge in [-0.05, 0) is 19.0 Å². The van der Waals surface area contributed by atoms with Crippen LogP contribution in [0.1, 0.15) is 12.3 Å². The molecule has 4 rings (SSSR count). The Labute approximate surface area is 152 Å². The van der Waals surface area contributed by atoms with Gasteiger partial charge in [0.15, 0.2) is 0 Å². The minimum Gasteiger partial charge on any atom is -0.339 e. The van der Waals surface area contributed by atoms with Gasteiger partial charge >= 0.3 is 0 Å². The first-order chi connectivity index (χ1) is 12.9. The molecule has 0 spiro atoms. The van der Waals surface area contributed by atoms with Crippen LogP contribution in [0.25, 0.3) is 11.4 Å². The van der Waals surface area contributed by atoms with Crippen LogP contribution in [0.4, 0.5) is 5.95 Å². The number of rotatable bonds is 5. The summed E-state index contributed by atoms with van der Waals surface area (Å²) >= 11 is 0. The van der Waals surface area contributed by atoms with E-state index in [-0.39, 0.29) is 0 Å². The molecule has 0 unspecified atom stereocenters. The van der Waals surface area contributed by atoms with E-state index in [2.05, 4.69) is 29.9 Å². The molecule has 3 aromatic rings. The third-order valence-corrected chi connectivity index (χ3v) is 4.57. The molecule has 1 aliphatic rings. The molecule has 1 saturated heterocycles. The van der Waals surface area contributed by atoms with Crippen LogP contribution in [0.2, 0.25) is 0 Å². The average molecular weight is 350 g/mol. The van der Waals surface area contributed by atoms with Gasteiger partial charge in [-0.3, -0.25) is 0 Å². The van der Waals surface area contributed by atoms with Gasteiger partial charge in [-0.2, -0.15) is 4.98 Å². The van der Waals surface area contributed by atoms with Gasteiger partial charge in [-0.1, -0.05) is 35.5 Å². The van der Waals surface area contributed by atoms with E-state index >= 15 is 0 Å². The van der Waals surface area contributed by atoms with E-state index in [9.17, 15) is 0 Å². The first-order valence-corrected chi connectivity index (χ1v) is 9.01. The summed E-state index contributed by atoms with van der Waals surface area (Å²) in [6.07, 6.45) is 5.45. The van der Waals surface area contributed by atoms with Crippen molar-refractivity contribution < 1.29 is 4.52 Å². The molecule has 0 atom stereocenters. The summed E-state index contributed by atoms with van der Waals surface area (Å²) < 4.78 is 5.41. The van der Waals surface area contributed by atoms with Gasteiger partial charge in [0, 0.05) is 50.6 Å². The molecule has 0 amide bonds. The van der Waals surface area contributed by atoms with E-state index in [1.54, 1.807) is 12.4 Å². The highest BCUT2D eigenvalue weighted by Crippen LogP contribution is 2.15. The topological polar surface area (TPSA) is 71.2 Å². The Hall–Kier alpha value is -2.80. The molecular formula is C19H22N6O. The maximum Gasteiger partial charge on any atom is 0.228 e. The van der Waals surface area contributed by atoms with Crippen LogP contribution in [0.3, 0.4) is 0 Å². The van der Waals surface area contributed by atoms with E-state index < -0.39 is 0 Å². The van der Waals surface area contributed by atoms with E-state index in [4.69, 9.17) is 4.52 Å². The van der Waals surface area contributed by atoms with Gasteiger partial charge in [0.2, 0.25) is 17.7 Å². The summed E-state index contributed by atoms with van der Waals surface area (Å²) in [5.74, 6) is 2.17. The zero-order chi connectivity index (χ0) is 17.6. The smallest absolute Gasteiger partial charge is 0.228 e. The Balaban J connectivity index is 1.31. The largest absolute Gasteiger partial charge is 0.339 e. The number of hydrogen-bond donors (Lipinski definition) is 0. The average Bonchev–Trinajstić information content (AvgIpc) is 3.06. The normalized spacial score (nSPS) is 15.8. The van der Waals surface area contributed by atoms with E-state index in [0.717, 1.165) is 57.1 Å².